The molecule has 0 radical (unpaired) electrons. The summed E-state index contributed by atoms with van der Waals surface area (Å²) in [5, 5.41) is 5.42. The van der Waals surface area contributed by atoms with E-state index >= 15 is 0 Å². The van der Waals surface area contributed by atoms with E-state index < -0.39 is 0 Å². The Morgan fingerprint density at radius 3 is 1.61 bits per heavy atom. The highest BCUT2D eigenvalue weighted by atomic mass is 14.2. The van der Waals surface area contributed by atoms with Gasteiger partial charge in [0.2, 0.25) is 0 Å². The first-order valence-electron chi connectivity index (χ1n) is 8.26. The van der Waals surface area contributed by atoms with E-state index in [0.29, 0.717) is 5.92 Å². The SMILES string of the molecule is CC(C)c1c(-c2ccccc2)c2ccccc2c2ccccc12. The van der Waals surface area contributed by atoms with Crippen LogP contribution in [0.5, 0.6) is 0 Å². The zero-order valence-electron chi connectivity index (χ0n) is 13.6. The molecule has 0 fully saturated rings. The smallest absolute Gasteiger partial charge is 0.00643 e. The second-order valence-corrected chi connectivity index (χ2v) is 6.40. The Labute approximate surface area is 137 Å². The number of hydrogen-bond acceptors (Lipinski definition) is 0. The Kier molecular flexibility index (Phi) is 3.38. The molecule has 0 N–H and O–H groups in total. The number of rotatable bonds is 2. The van der Waals surface area contributed by atoms with Crippen molar-refractivity contribution < 1.29 is 0 Å². The van der Waals surface area contributed by atoms with Gasteiger partial charge in [-0.25, -0.2) is 0 Å². The molecule has 0 heteroatoms. The van der Waals surface area contributed by atoms with Crippen molar-refractivity contribution in [2.45, 2.75) is 19.8 Å². The largest absolute Gasteiger partial charge is 0.0622 e. The highest BCUT2D eigenvalue weighted by Crippen LogP contribution is 2.41. The Morgan fingerprint density at radius 1 is 0.522 bits per heavy atom. The monoisotopic (exact) mass is 296 g/mol. The first-order valence-corrected chi connectivity index (χ1v) is 8.26. The predicted octanol–water partition coefficient (Wildman–Crippen LogP) is 6.78. The van der Waals surface area contributed by atoms with Crippen LogP contribution in [-0.2, 0) is 0 Å². The highest BCUT2D eigenvalue weighted by Gasteiger charge is 2.17. The van der Waals surface area contributed by atoms with Crippen LogP contribution in [0, 0.1) is 0 Å². The fourth-order valence-electron chi connectivity index (χ4n) is 3.68. The molecule has 0 spiro atoms. The lowest BCUT2D eigenvalue weighted by atomic mass is 9.83. The molecule has 0 aliphatic carbocycles. The maximum absolute atomic E-state index is 2.29. The van der Waals surface area contributed by atoms with Crippen molar-refractivity contribution in [1.29, 1.82) is 0 Å². The summed E-state index contributed by atoms with van der Waals surface area (Å²) in [5.74, 6) is 0.472. The summed E-state index contributed by atoms with van der Waals surface area (Å²) in [6, 6.07) is 28.4. The molecule has 0 heterocycles. The van der Waals surface area contributed by atoms with Gasteiger partial charge in [-0.1, -0.05) is 92.7 Å². The third-order valence-corrected chi connectivity index (χ3v) is 4.61. The molecule has 4 aromatic carbocycles. The van der Waals surface area contributed by atoms with Crippen LogP contribution < -0.4 is 0 Å². The van der Waals surface area contributed by atoms with Crippen LogP contribution >= 0.6 is 0 Å². The molecule has 0 saturated carbocycles. The maximum atomic E-state index is 2.29. The van der Waals surface area contributed by atoms with Crippen LogP contribution in [0.15, 0.2) is 78.9 Å². The van der Waals surface area contributed by atoms with Gasteiger partial charge in [0.15, 0.2) is 0 Å². The van der Waals surface area contributed by atoms with E-state index in [1.807, 2.05) is 0 Å². The van der Waals surface area contributed by atoms with Gasteiger partial charge in [0.05, 0.1) is 0 Å². The minimum atomic E-state index is 0.472. The predicted molar refractivity (Wildman–Crippen MR) is 101 cm³/mol. The molecule has 0 atom stereocenters. The molecule has 0 bridgehead atoms. The van der Waals surface area contributed by atoms with Crippen LogP contribution in [0.25, 0.3) is 32.7 Å². The number of hydrogen-bond donors (Lipinski definition) is 0. The van der Waals surface area contributed by atoms with Gasteiger partial charge in [-0.15, -0.1) is 0 Å². The minimum Gasteiger partial charge on any atom is -0.0622 e. The van der Waals surface area contributed by atoms with Crippen molar-refractivity contribution in [2.75, 3.05) is 0 Å². The molecular weight excluding hydrogens is 276 g/mol. The molecule has 0 aromatic heterocycles. The third kappa shape index (κ3) is 2.22. The van der Waals surface area contributed by atoms with Gasteiger partial charge in [0.25, 0.3) is 0 Å². The third-order valence-electron chi connectivity index (χ3n) is 4.61. The lowest BCUT2D eigenvalue weighted by molar-refractivity contribution is 0.880. The Balaban J connectivity index is 2.28. The van der Waals surface area contributed by atoms with Crippen LogP contribution in [0.3, 0.4) is 0 Å². The molecule has 23 heavy (non-hydrogen) atoms. The van der Waals surface area contributed by atoms with Gasteiger partial charge < -0.3 is 0 Å². The summed E-state index contributed by atoms with van der Waals surface area (Å²) in [6.07, 6.45) is 0. The molecule has 0 amide bonds. The van der Waals surface area contributed by atoms with Gasteiger partial charge in [0.1, 0.15) is 0 Å². The van der Waals surface area contributed by atoms with Crippen molar-refractivity contribution in [1.82, 2.24) is 0 Å². The van der Waals surface area contributed by atoms with Gasteiger partial charge in [-0.3, -0.25) is 0 Å². The van der Waals surface area contributed by atoms with E-state index in [2.05, 4.69) is 92.7 Å². The topological polar surface area (TPSA) is 0 Å². The van der Waals surface area contributed by atoms with Crippen molar-refractivity contribution >= 4 is 21.5 Å². The zero-order valence-corrected chi connectivity index (χ0v) is 13.6. The molecule has 0 unspecified atom stereocenters. The number of benzene rings is 4. The van der Waals surface area contributed by atoms with Crippen LogP contribution in [-0.4, -0.2) is 0 Å². The summed E-state index contributed by atoms with van der Waals surface area (Å²) in [4.78, 5) is 0. The van der Waals surface area contributed by atoms with Gasteiger partial charge in [-0.2, -0.15) is 0 Å². The standard InChI is InChI=1S/C23H20/c1-16(2)22-20-14-8-6-12-18(20)19-13-7-9-15-21(19)23(22)17-10-4-3-5-11-17/h3-16H,1-2H3. The van der Waals surface area contributed by atoms with Gasteiger partial charge >= 0.3 is 0 Å². The van der Waals surface area contributed by atoms with E-state index in [1.54, 1.807) is 0 Å². The van der Waals surface area contributed by atoms with Crippen molar-refractivity contribution in [2.24, 2.45) is 0 Å². The molecule has 0 aliphatic heterocycles. The highest BCUT2D eigenvalue weighted by molar-refractivity contribution is 6.16. The second-order valence-electron chi connectivity index (χ2n) is 6.40. The minimum absolute atomic E-state index is 0.472. The first-order chi connectivity index (χ1) is 11.3. The quantitative estimate of drug-likeness (QED) is 0.357. The maximum Gasteiger partial charge on any atom is -0.00643 e. The van der Waals surface area contributed by atoms with Gasteiger partial charge in [0, 0.05) is 0 Å². The zero-order chi connectivity index (χ0) is 15.8. The molecule has 4 aromatic rings. The van der Waals surface area contributed by atoms with E-state index in [0.717, 1.165) is 0 Å². The first kappa shape index (κ1) is 14.0. The Hall–Kier alpha value is -2.60. The van der Waals surface area contributed by atoms with Crippen LogP contribution in [0.2, 0.25) is 0 Å². The average Bonchev–Trinajstić information content (AvgIpc) is 2.61. The molecular formula is C23H20. The Bertz CT molecular complexity index is 979. The molecule has 0 saturated heterocycles. The lowest BCUT2D eigenvalue weighted by Gasteiger charge is -2.20. The molecule has 4 rings (SSSR count). The van der Waals surface area contributed by atoms with Crippen molar-refractivity contribution in [3.63, 3.8) is 0 Å². The molecule has 0 aliphatic rings. The summed E-state index contributed by atoms with van der Waals surface area (Å²) < 4.78 is 0. The van der Waals surface area contributed by atoms with Crippen LogP contribution in [0.1, 0.15) is 25.3 Å². The van der Waals surface area contributed by atoms with Crippen molar-refractivity contribution in [3.8, 4) is 11.1 Å². The van der Waals surface area contributed by atoms with E-state index in [1.165, 1.54) is 38.2 Å². The van der Waals surface area contributed by atoms with Gasteiger partial charge in [-0.05, 0) is 44.2 Å². The molecule has 112 valence electrons. The summed E-state index contributed by atoms with van der Waals surface area (Å²) in [6.45, 7) is 4.59. The molecule has 0 nitrogen and oxygen atoms in total. The fraction of sp³-hybridized carbons (Fsp3) is 0.130. The normalized spacial score (nSPS) is 11.4. The second kappa shape index (κ2) is 5.55. The number of fused-ring (bicyclic) bond motifs is 3. The van der Waals surface area contributed by atoms with Crippen LogP contribution in [0.4, 0.5) is 0 Å². The Morgan fingerprint density at radius 2 is 1.00 bits per heavy atom. The fourth-order valence-corrected chi connectivity index (χ4v) is 3.68. The average molecular weight is 296 g/mol. The van der Waals surface area contributed by atoms with E-state index in [9.17, 15) is 0 Å². The summed E-state index contributed by atoms with van der Waals surface area (Å²) in [5.41, 5.74) is 4.14. The van der Waals surface area contributed by atoms with E-state index in [4.69, 9.17) is 0 Å². The summed E-state index contributed by atoms with van der Waals surface area (Å²) >= 11 is 0. The summed E-state index contributed by atoms with van der Waals surface area (Å²) in [7, 11) is 0. The van der Waals surface area contributed by atoms with Crippen molar-refractivity contribution in [3.05, 3.63) is 84.4 Å². The lowest BCUT2D eigenvalue weighted by Crippen LogP contribution is -1.96. The van der Waals surface area contributed by atoms with E-state index in [-0.39, 0.29) is 0 Å².